The molecule has 0 saturated heterocycles. The van der Waals surface area contributed by atoms with E-state index in [1.54, 1.807) is 13.2 Å². The van der Waals surface area contributed by atoms with Gasteiger partial charge < -0.3 is 10.6 Å². The minimum atomic E-state index is -0.525. The summed E-state index contributed by atoms with van der Waals surface area (Å²) in [6.45, 7) is 1.07. The van der Waals surface area contributed by atoms with Gasteiger partial charge in [-0.25, -0.2) is 13.5 Å². The second-order valence-corrected chi connectivity index (χ2v) is 6.24. The van der Waals surface area contributed by atoms with Gasteiger partial charge in [0.2, 0.25) is 0 Å². The van der Waals surface area contributed by atoms with Gasteiger partial charge in [0, 0.05) is 38.1 Å². The highest BCUT2D eigenvalue weighted by molar-refractivity contribution is 5.79. The maximum atomic E-state index is 13.6. The van der Waals surface area contributed by atoms with E-state index < -0.39 is 11.6 Å². The van der Waals surface area contributed by atoms with Crippen LogP contribution in [0.2, 0.25) is 0 Å². The summed E-state index contributed by atoms with van der Waals surface area (Å²) in [6, 6.07) is 14.0. The standard InChI is InChI=1S/C21H23F2N5/c1-24-21(26-14-11-18-19(22)4-2-5-20(18)23)25-13-10-16-6-8-17(9-7-16)28-15-3-12-27-28/h2-9,12,15H,10-11,13-14H2,1H3,(H2,24,25,26). The average Bonchev–Trinajstić information content (AvgIpc) is 3.24. The predicted octanol–water partition coefficient (Wildman–Crippen LogP) is 3.10. The number of halogens is 2. The minimum Gasteiger partial charge on any atom is -0.356 e. The Morgan fingerprint density at radius 2 is 1.64 bits per heavy atom. The largest absolute Gasteiger partial charge is 0.356 e. The van der Waals surface area contributed by atoms with Crippen LogP contribution in [0.4, 0.5) is 8.78 Å². The summed E-state index contributed by atoms with van der Waals surface area (Å²) < 4.78 is 29.1. The molecule has 0 aliphatic heterocycles. The smallest absolute Gasteiger partial charge is 0.190 e. The number of rotatable bonds is 7. The first-order valence-corrected chi connectivity index (χ1v) is 9.14. The lowest BCUT2D eigenvalue weighted by Crippen LogP contribution is -2.39. The van der Waals surface area contributed by atoms with Crippen molar-refractivity contribution in [3.05, 3.63) is 83.7 Å². The van der Waals surface area contributed by atoms with Gasteiger partial charge in [0.25, 0.3) is 0 Å². The van der Waals surface area contributed by atoms with Gasteiger partial charge in [-0.05, 0) is 48.7 Å². The van der Waals surface area contributed by atoms with E-state index in [0.29, 0.717) is 19.0 Å². The molecule has 0 amide bonds. The first kappa shape index (κ1) is 19.5. The Morgan fingerprint density at radius 3 is 2.25 bits per heavy atom. The molecule has 146 valence electrons. The Morgan fingerprint density at radius 1 is 0.964 bits per heavy atom. The Kier molecular flexibility index (Phi) is 6.73. The van der Waals surface area contributed by atoms with Crippen molar-refractivity contribution in [2.45, 2.75) is 12.8 Å². The molecule has 0 bridgehead atoms. The molecule has 0 aliphatic carbocycles. The molecule has 0 aliphatic rings. The maximum absolute atomic E-state index is 13.6. The van der Waals surface area contributed by atoms with Gasteiger partial charge >= 0.3 is 0 Å². The topological polar surface area (TPSA) is 54.2 Å². The third kappa shape index (κ3) is 5.16. The molecule has 1 aromatic heterocycles. The van der Waals surface area contributed by atoms with E-state index in [2.05, 4.69) is 32.9 Å². The number of aliphatic imine (C=N–C) groups is 1. The predicted molar refractivity (Wildman–Crippen MR) is 107 cm³/mol. The molecule has 0 unspecified atom stereocenters. The van der Waals surface area contributed by atoms with Crippen molar-refractivity contribution in [3.8, 4) is 5.69 Å². The molecule has 0 saturated carbocycles. The second kappa shape index (κ2) is 9.64. The molecule has 2 aromatic carbocycles. The lowest BCUT2D eigenvalue weighted by molar-refractivity contribution is 0.553. The van der Waals surface area contributed by atoms with Crippen LogP contribution in [0.3, 0.4) is 0 Å². The van der Waals surface area contributed by atoms with Crippen molar-refractivity contribution in [1.29, 1.82) is 0 Å². The van der Waals surface area contributed by atoms with Crippen LogP contribution in [0, 0.1) is 11.6 Å². The van der Waals surface area contributed by atoms with Crippen molar-refractivity contribution in [3.63, 3.8) is 0 Å². The van der Waals surface area contributed by atoms with Gasteiger partial charge in [0.05, 0.1) is 5.69 Å². The lowest BCUT2D eigenvalue weighted by Gasteiger charge is -2.12. The highest BCUT2D eigenvalue weighted by atomic mass is 19.1. The summed E-state index contributed by atoms with van der Waals surface area (Å²) in [6.07, 6.45) is 4.71. The van der Waals surface area contributed by atoms with Crippen molar-refractivity contribution in [2.24, 2.45) is 4.99 Å². The van der Waals surface area contributed by atoms with Crippen molar-refractivity contribution >= 4 is 5.96 Å². The summed E-state index contributed by atoms with van der Waals surface area (Å²) >= 11 is 0. The minimum absolute atomic E-state index is 0.0859. The highest BCUT2D eigenvalue weighted by Gasteiger charge is 2.08. The number of aromatic nitrogens is 2. The third-order valence-electron chi connectivity index (χ3n) is 4.36. The third-order valence-corrected chi connectivity index (χ3v) is 4.36. The van der Waals surface area contributed by atoms with Crippen LogP contribution in [-0.2, 0) is 12.8 Å². The molecular weight excluding hydrogens is 360 g/mol. The number of nitrogens with one attached hydrogen (secondary N) is 2. The Balaban J connectivity index is 1.43. The van der Waals surface area contributed by atoms with Gasteiger partial charge in [-0.15, -0.1) is 0 Å². The molecule has 2 N–H and O–H groups in total. The molecule has 1 heterocycles. The number of guanidine groups is 1. The molecule has 0 radical (unpaired) electrons. The molecule has 0 spiro atoms. The Hall–Kier alpha value is -3.22. The SMILES string of the molecule is CN=C(NCCc1ccc(-n2cccn2)cc1)NCCc1c(F)cccc1F. The monoisotopic (exact) mass is 383 g/mol. The first-order valence-electron chi connectivity index (χ1n) is 9.14. The van der Waals surface area contributed by atoms with Crippen molar-refractivity contribution in [1.82, 2.24) is 20.4 Å². The van der Waals surface area contributed by atoms with Crippen LogP contribution in [0.5, 0.6) is 0 Å². The Bertz CT molecular complexity index is 885. The van der Waals surface area contributed by atoms with E-state index in [4.69, 9.17) is 0 Å². The van der Waals surface area contributed by atoms with E-state index in [1.165, 1.54) is 23.8 Å². The van der Waals surface area contributed by atoms with Gasteiger partial charge in [-0.3, -0.25) is 4.99 Å². The summed E-state index contributed by atoms with van der Waals surface area (Å²) in [5, 5.41) is 10.5. The fraction of sp³-hybridized carbons (Fsp3) is 0.238. The van der Waals surface area contributed by atoms with E-state index in [-0.39, 0.29) is 12.0 Å². The summed E-state index contributed by atoms with van der Waals surface area (Å²) in [4.78, 5) is 4.14. The number of benzene rings is 2. The van der Waals surface area contributed by atoms with Crippen molar-refractivity contribution < 1.29 is 8.78 Å². The molecule has 3 rings (SSSR count). The van der Waals surface area contributed by atoms with E-state index in [1.807, 2.05) is 29.1 Å². The first-order chi connectivity index (χ1) is 13.7. The zero-order valence-corrected chi connectivity index (χ0v) is 15.7. The highest BCUT2D eigenvalue weighted by Crippen LogP contribution is 2.12. The fourth-order valence-corrected chi connectivity index (χ4v) is 2.86. The number of nitrogens with zero attached hydrogens (tertiary/aromatic N) is 3. The quantitative estimate of drug-likeness (QED) is 0.487. The van der Waals surface area contributed by atoms with Crippen LogP contribution in [0.25, 0.3) is 5.69 Å². The number of hydrogen-bond acceptors (Lipinski definition) is 2. The van der Waals surface area contributed by atoms with E-state index in [0.717, 1.165) is 12.1 Å². The Labute approximate surface area is 163 Å². The second-order valence-electron chi connectivity index (χ2n) is 6.24. The normalized spacial score (nSPS) is 11.5. The molecule has 0 atom stereocenters. The van der Waals surface area contributed by atoms with Crippen LogP contribution in [0.1, 0.15) is 11.1 Å². The van der Waals surface area contributed by atoms with Crippen LogP contribution >= 0.6 is 0 Å². The number of hydrogen-bond donors (Lipinski definition) is 2. The fourth-order valence-electron chi connectivity index (χ4n) is 2.86. The zero-order valence-electron chi connectivity index (χ0n) is 15.7. The van der Waals surface area contributed by atoms with Crippen LogP contribution in [0.15, 0.2) is 65.9 Å². The lowest BCUT2D eigenvalue weighted by atomic mass is 10.1. The van der Waals surface area contributed by atoms with Crippen LogP contribution in [-0.4, -0.2) is 35.9 Å². The van der Waals surface area contributed by atoms with Crippen LogP contribution < -0.4 is 10.6 Å². The zero-order chi connectivity index (χ0) is 19.8. The van der Waals surface area contributed by atoms with E-state index >= 15 is 0 Å². The maximum Gasteiger partial charge on any atom is 0.190 e. The summed E-state index contributed by atoms with van der Waals surface area (Å²) in [5.41, 5.74) is 2.29. The average molecular weight is 383 g/mol. The molecule has 5 nitrogen and oxygen atoms in total. The van der Waals surface area contributed by atoms with Gasteiger partial charge in [0.1, 0.15) is 11.6 Å². The molecule has 3 aromatic rings. The molecule has 7 heteroatoms. The van der Waals surface area contributed by atoms with Crippen molar-refractivity contribution in [2.75, 3.05) is 20.1 Å². The molecule has 0 fully saturated rings. The van der Waals surface area contributed by atoms with Gasteiger partial charge in [-0.2, -0.15) is 5.10 Å². The molecule has 28 heavy (non-hydrogen) atoms. The van der Waals surface area contributed by atoms with Gasteiger partial charge in [-0.1, -0.05) is 18.2 Å². The summed E-state index contributed by atoms with van der Waals surface area (Å²) in [7, 11) is 1.66. The molecular formula is C21H23F2N5. The van der Waals surface area contributed by atoms with Gasteiger partial charge in [0.15, 0.2) is 5.96 Å². The summed E-state index contributed by atoms with van der Waals surface area (Å²) in [5.74, 6) is -0.448. The van der Waals surface area contributed by atoms with E-state index in [9.17, 15) is 8.78 Å².